The van der Waals surface area contributed by atoms with E-state index < -0.39 is 0 Å². The predicted octanol–water partition coefficient (Wildman–Crippen LogP) is 3.16. The van der Waals surface area contributed by atoms with E-state index in [4.69, 9.17) is 15.6 Å². The minimum atomic E-state index is 0.527. The van der Waals surface area contributed by atoms with Crippen molar-refractivity contribution in [2.75, 3.05) is 18.9 Å². The summed E-state index contributed by atoms with van der Waals surface area (Å²) in [5.74, 6) is 1.18. The lowest BCUT2D eigenvalue weighted by atomic mass is 9.93. The van der Waals surface area contributed by atoms with Gasteiger partial charge in [-0.2, -0.15) is 5.10 Å². The smallest absolute Gasteiger partial charge is 0.152 e. The molecule has 1 aromatic carbocycles. The third kappa shape index (κ3) is 2.45. The van der Waals surface area contributed by atoms with Gasteiger partial charge in [0.2, 0.25) is 0 Å². The Kier molecular flexibility index (Phi) is 3.65. The summed E-state index contributed by atoms with van der Waals surface area (Å²) < 4.78 is 7.60. The minimum Gasteiger partial charge on any atom is -0.382 e. The average molecular weight is 310 g/mol. The van der Waals surface area contributed by atoms with Crippen LogP contribution in [0, 0.1) is 5.92 Å². The normalized spacial score (nSPS) is 16.4. The van der Waals surface area contributed by atoms with E-state index >= 15 is 0 Å². The van der Waals surface area contributed by atoms with Crippen molar-refractivity contribution in [1.29, 1.82) is 0 Å². The number of nitrogen functional groups attached to an aromatic ring is 1. The summed E-state index contributed by atoms with van der Waals surface area (Å²) >= 11 is 0. The first-order valence-corrected chi connectivity index (χ1v) is 8.39. The second kappa shape index (κ2) is 5.81. The van der Waals surface area contributed by atoms with Gasteiger partial charge in [0, 0.05) is 36.2 Å². The fraction of sp³-hybridized carbons (Fsp3) is 0.444. The highest BCUT2D eigenvalue weighted by atomic mass is 16.5. The number of nitrogens with two attached hydrogens (primary N) is 1. The quantitative estimate of drug-likeness (QED) is 0.807. The molecule has 2 aromatic heterocycles. The number of aromatic nitrogens is 3. The lowest BCUT2D eigenvalue weighted by molar-refractivity contribution is 0.0660. The van der Waals surface area contributed by atoms with Crippen LogP contribution in [-0.2, 0) is 17.7 Å². The molecule has 3 aromatic rings. The highest BCUT2D eigenvalue weighted by molar-refractivity contribution is 6.09. The summed E-state index contributed by atoms with van der Waals surface area (Å²) in [6.07, 6.45) is 3.27. The largest absolute Gasteiger partial charge is 0.382 e. The van der Waals surface area contributed by atoms with Crippen molar-refractivity contribution in [3.63, 3.8) is 0 Å². The van der Waals surface area contributed by atoms with E-state index in [0.717, 1.165) is 55.4 Å². The number of ether oxygens (including phenoxy) is 1. The Labute approximate surface area is 135 Å². The molecule has 1 aliphatic rings. The molecule has 0 saturated carbocycles. The van der Waals surface area contributed by atoms with E-state index in [1.165, 1.54) is 11.1 Å². The Morgan fingerprint density at radius 3 is 2.83 bits per heavy atom. The van der Waals surface area contributed by atoms with Gasteiger partial charge < -0.3 is 10.5 Å². The van der Waals surface area contributed by atoms with Gasteiger partial charge in [-0.1, -0.05) is 18.2 Å². The van der Waals surface area contributed by atoms with E-state index in [9.17, 15) is 0 Å². The average Bonchev–Trinajstić information content (AvgIpc) is 2.95. The zero-order valence-electron chi connectivity index (χ0n) is 13.5. The van der Waals surface area contributed by atoms with Gasteiger partial charge in [-0.25, -0.2) is 4.98 Å². The molecule has 0 spiro atoms. The van der Waals surface area contributed by atoms with Gasteiger partial charge in [0.05, 0.1) is 5.52 Å². The molecule has 1 saturated heterocycles. The number of hydrogen-bond acceptors (Lipinski definition) is 4. The van der Waals surface area contributed by atoms with Crippen LogP contribution in [-0.4, -0.2) is 28.0 Å². The lowest BCUT2D eigenvalue weighted by Gasteiger charge is -2.22. The van der Waals surface area contributed by atoms with Gasteiger partial charge in [-0.3, -0.25) is 4.68 Å². The SMILES string of the molecule is CCn1nc2c(N)nc3ccccc3c2c1CC1CCOCC1. The number of para-hydroxylation sites is 1. The molecule has 0 amide bonds. The van der Waals surface area contributed by atoms with E-state index in [2.05, 4.69) is 28.7 Å². The second-order valence-electron chi connectivity index (χ2n) is 6.26. The summed E-state index contributed by atoms with van der Waals surface area (Å²) in [7, 11) is 0. The number of nitrogens with zero attached hydrogens (tertiary/aromatic N) is 3. The summed E-state index contributed by atoms with van der Waals surface area (Å²) in [4.78, 5) is 4.52. The third-order valence-electron chi connectivity index (χ3n) is 4.84. The Balaban J connectivity index is 1.92. The molecule has 0 radical (unpaired) electrons. The number of aryl methyl sites for hydroxylation is 1. The Bertz CT molecular complexity index is 849. The number of anilines is 1. The fourth-order valence-electron chi connectivity index (χ4n) is 3.62. The van der Waals surface area contributed by atoms with Gasteiger partial charge in [0.25, 0.3) is 0 Å². The minimum absolute atomic E-state index is 0.527. The molecule has 0 aliphatic carbocycles. The number of fused-ring (bicyclic) bond motifs is 3. The van der Waals surface area contributed by atoms with Crippen molar-refractivity contribution < 1.29 is 4.74 Å². The fourth-order valence-corrected chi connectivity index (χ4v) is 3.62. The molecule has 4 rings (SSSR count). The van der Waals surface area contributed by atoms with Crippen LogP contribution in [0.5, 0.6) is 0 Å². The number of rotatable bonds is 3. The summed E-state index contributed by atoms with van der Waals surface area (Å²) in [6, 6.07) is 8.20. The molecule has 120 valence electrons. The van der Waals surface area contributed by atoms with E-state index in [1.54, 1.807) is 0 Å². The van der Waals surface area contributed by atoms with Crippen molar-refractivity contribution in [3.05, 3.63) is 30.0 Å². The first kappa shape index (κ1) is 14.5. The zero-order chi connectivity index (χ0) is 15.8. The summed E-state index contributed by atoms with van der Waals surface area (Å²) in [5.41, 5.74) is 9.26. The lowest BCUT2D eigenvalue weighted by Crippen LogP contribution is -2.19. The Hall–Kier alpha value is -2.14. The molecule has 5 nitrogen and oxygen atoms in total. The molecule has 3 heterocycles. The van der Waals surface area contributed by atoms with Crippen LogP contribution in [0.2, 0.25) is 0 Å². The predicted molar refractivity (Wildman–Crippen MR) is 92.4 cm³/mol. The number of benzene rings is 1. The van der Waals surface area contributed by atoms with E-state index in [1.807, 2.05) is 12.1 Å². The molecule has 0 atom stereocenters. The van der Waals surface area contributed by atoms with E-state index in [0.29, 0.717) is 11.7 Å². The molecule has 1 fully saturated rings. The van der Waals surface area contributed by atoms with Crippen molar-refractivity contribution in [1.82, 2.24) is 14.8 Å². The van der Waals surface area contributed by atoms with Crippen molar-refractivity contribution in [2.45, 2.75) is 32.7 Å². The monoisotopic (exact) mass is 310 g/mol. The standard InChI is InChI=1S/C18H22N4O/c1-2-22-15(11-12-7-9-23-10-8-12)16-13-5-3-4-6-14(13)20-18(19)17(16)21-22/h3-6,12H,2,7-11H2,1H3,(H2,19,20). The van der Waals surface area contributed by atoms with Crippen LogP contribution >= 0.6 is 0 Å². The van der Waals surface area contributed by atoms with Gasteiger partial charge in [-0.05, 0) is 38.2 Å². The first-order chi connectivity index (χ1) is 11.3. The highest BCUT2D eigenvalue weighted by Crippen LogP contribution is 2.33. The Morgan fingerprint density at radius 2 is 2.04 bits per heavy atom. The topological polar surface area (TPSA) is 66.0 Å². The van der Waals surface area contributed by atoms with Gasteiger partial charge in [0.15, 0.2) is 5.82 Å². The van der Waals surface area contributed by atoms with E-state index in [-0.39, 0.29) is 0 Å². The molecule has 1 aliphatic heterocycles. The molecule has 5 heteroatoms. The maximum absolute atomic E-state index is 6.19. The molecular weight excluding hydrogens is 288 g/mol. The van der Waals surface area contributed by atoms with Crippen LogP contribution in [0.3, 0.4) is 0 Å². The molecule has 0 unspecified atom stereocenters. The second-order valence-corrected chi connectivity index (χ2v) is 6.26. The highest BCUT2D eigenvalue weighted by Gasteiger charge is 2.21. The van der Waals surface area contributed by atoms with Gasteiger partial charge in [-0.15, -0.1) is 0 Å². The molecular formula is C18H22N4O. The van der Waals surface area contributed by atoms with Crippen LogP contribution in [0.1, 0.15) is 25.5 Å². The third-order valence-corrected chi connectivity index (χ3v) is 4.84. The van der Waals surface area contributed by atoms with Crippen LogP contribution in [0.15, 0.2) is 24.3 Å². The summed E-state index contributed by atoms with van der Waals surface area (Å²) in [5, 5.41) is 7.08. The number of pyridine rings is 1. The summed E-state index contributed by atoms with van der Waals surface area (Å²) in [6.45, 7) is 4.72. The molecule has 0 bridgehead atoms. The van der Waals surface area contributed by atoms with Crippen LogP contribution < -0.4 is 5.73 Å². The van der Waals surface area contributed by atoms with Crippen molar-refractivity contribution >= 4 is 27.6 Å². The van der Waals surface area contributed by atoms with Crippen molar-refractivity contribution in [2.24, 2.45) is 5.92 Å². The first-order valence-electron chi connectivity index (χ1n) is 8.39. The van der Waals surface area contributed by atoms with Gasteiger partial charge in [0.1, 0.15) is 5.52 Å². The van der Waals surface area contributed by atoms with Crippen LogP contribution in [0.4, 0.5) is 5.82 Å². The maximum Gasteiger partial charge on any atom is 0.152 e. The molecule has 23 heavy (non-hydrogen) atoms. The van der Waals surface area contributed by atoms with Crippen LogP contribution in [0.25, 0.3) is 21.8 Å². The number of hydrogen-bond donors (Lipinski definition) is 1. The zero-order valence-corrected chi connectivity index (χ0v) is 13.5. The Morgan fingerprint density at radius 1 is 1.26 bits per heavy atom. The van der Waals surface area contributed by atoms with Gasteiger partial charge >= 0.3 is 0 Å². The molecule has 2 N–H and O–H groups in total. The maximum atomic E-state index is 6.19. The van der Waals surface area contributed by atoms with Crippen molar-refractivity contribution in [3.8, 4) is 0 Å².